The molecule has 2 aliphatic heterocycles. The number of rotatable bonds is 5. The van der Waals surface area contributed by atoms with Crippen LogP contribution in [0.5, 0.6) is 5.75 Å². The normalized spacial score (nSPS) is 26.4. The number of aryl methyl sites for hydroxylation is 1. The van der Waals surface area contributed by atoms with Crippen molar-refractivity contribution in [3.8, 4) is 28.1 Å². The Bertz CT molecular complexity index is 1210. The van der Waals surface area contributed by atoms with Crippen LogP contribution in [-0.2, 0) is 7.05 Å². The molecular formula is C26H30F2N6O. The van der Waals surface area contributed by atoms with Crippen LogP contribution in [0.25, 0.3) is 22.4 Å². The Hall–Kier alpha value is -3.07. The lowest BCUT2D eigenvalue weighted by Crippen LogP contribution is -2.58. The van der Waals surface area contributed by atoms with E-state index in [-0.39, 0.29) is 35.0 Å². The van der Waals surface area contributed by atoms with Gasteiger partial charge in [-0.25, -0.2) is 13.8 Å². The van der Waals surface area contributed by atoms with Crippen molar-refractivity contribution in [2.75, 3.05) is 4.90 Å². The second-order valence-corrected chi connectivity index (χ2v) is 10.2. The van der Waals surface area contributed by atoms with Crippen LogP contribution in [0, 0.1) is 5.82 Å². The van der Waals surface area contributed by atoms with Gasteiger partial charge in [-0.2, -0.15) is 5.10 Å². The molecule has 3 aromatic rings. The summed E-state index contributed by atoms with van der Waals surface area (Å²) in [5.74, 6) is 0.0926. The third kappa shape index (κ3) is 4.05. The van der Waals surface area contributed by atoms with E-state index in [9.17, 15) is 9.50 Å². The van der Waals surface area contributed by atoms with E-state index in [1.54, 1.807) is 36.5 Å². The zero-order valence-corrected chi connectivity index (χ0v) is 19.7. The van der Waals surface area contributed by atoms with E-state index in [4.69, 9.17) is 0 Å². The molecule has 2 bridgehead atoms. The first-order chi connectivity index (χ1) is 17.0. The molecule has 35 heavy (non-hydrogen) atoms. The summed E-state index contributed by atoms with van der Waals surface area (Å²) in [6.07, 6.45) is 12.5. The zero-order valence-electron chi connectivity index (χ0n) is 19.7. The predicted molar refractivity (Wildman–Crippen MR) is 129 cm³/mol. The summed E-state index contributed by atoms with van der Waals surface area (Å²) >= 11 is 0. The number of alkyl halides is 1. The Labute approximate surface area is 203 Å². The molecule has 6 rings (SSSR count). The first-order valence-corrected chi connectivity index (χ1v) is 12.5. The largest absolute Gasteiger partial charge is 0.507 e. The van der Waals surface area contributed by atoms with E-state index >= 15 is 4.39 Å². The molecule has 0 amide bonds. The summed E-state index contributed by atoms with van der Waals surface area (Å²) in [5, 5.41) is 18.2. The molecule has 1 aliphatic carbocycles. The molecule has 9 heteroatoms. The SMILES string of the molecule is Cn1cc(-c2cc(O)c(-c3cnc(N(C4CCCC4)[C@H]4CC5CCC(N5)[C@H]4F)cn3)cc2F)cn1. The highest BCUT2D eigenvalue weighted by atomic mass is 19.1. The number of phenolic OH excluding ortho intramolecular Hbond substituents is 1. The van der Waals surface area contributed by atoms with Crippen molar-refractivity contribution in [1.29, 1.82) is 0 Å². The van der Waals surface area contributed by atoms with Gasteiger partial charge in [0.05, 0.1) is 30.3 Å². The fourth-order valence-electron chi connectivity index (χ4n) is 6.20. The maximum atomic E-state index is 15.5. The number of aromatic nitrogens is 4. The number of fused-ring (bicyclic) bond motifs is 2. The van der Waals surface area contributed by atoms with Gasteiger partial charge >= 0.3 is 0 Å². The molecule has 2 aromatic heterocycles. The van der Waals surface area contributed by atoms with Gasteiger partial charge < -0.3 is 15.3 Å². The lowest BCUT2D eigenvalue weighted by molar-refractivity contribution is 0.166. The summed E-state index contributed by atoms with van der Waals surface area (Å²) in [5.41, 5.74) is 1.49. The molecule has 0 radical (unpaired) electrons. The van der Waals surface area contributed by atoms with E-state index in [2.05, 4.69) is 25.3 Å². The van der Waals surface area contributed by atoms with Gasteiger partial charge in [-0.3, -0.25) is 9.67 Å². The van der Waals surface area contributed by atoms with Gasteiger partial charge in [-0.1, -0.05) is 12.8 Å². The van der Waals surface area contributed by atoms with Crippen LogP contribution < -0.4 is 10.2 Å². The second-order valence-electron chi connectivity index (χ2n) is 10.2. The first-order valence-electron chi connectivity index (χ1n) is 12.5. The summed E-state index contributed by atoms with van der Waals surface area (Å²) in [7, 11) is 1.75. The highest BCUT2D eigenvalue weighted by Crippen LogP contribution is 2.39. The zero-order chi connectivity index (χ0) is 24.1. The van der Waals surface area contributed by atoms with Crippen LogP contribution in [0.2, 0.25) is 0 Å². The Morgan fingerprint density at radius 3 is 2.60 bits per heavy atom. The quantitative estimate of drug-likeness (QED) is 0.565. The number of nitrogens with zero attached hydrogens (tertiary/aromatic N) is 5. The van der Waals surface area contributed by atoms with E-state index in [0.29, 0.717) is 23.1 Å². The van der Waals surface area contributed by atoms with Crippen molar-refractivity contribution < 1.29 is 13.9 Å². The predicted octanol–water partition coefficient (Wildman–Crippen LogP) is 4.37. The van der Waals surface area contributed by atoms with Crippen molar-refractivity contribution in [1.82, 2.24) is 25.1 Å². The lowest BCUT2D eigenvalue weighted by Gasteiger charge is -2.43. The molecule has 3 fully saturated rings. The highest BCUT2D eigenvalue weighted by Gasteiger charge is 2.46. The van der Waals surface area contributed by atoms with Crippen molar-refractivity contribution in [2.45, 2.75) is 75.3 Å². The third-order valence-corrected chi connectivity index (χ3v) is 7.91. The molecule has 1 aromatic carbocycles. The maximum Gasteiger partial charge on any atom is 0.147 e. The number of phenols is 1. The molecule has 1 saturated carbocycles. The minimum absolute atomic E-state index is 0.0845. The molecular weight excluding hydrogens is 450 g/mol. The maximum absolute atomic E-state index is 15.5. The van der Waals surface area contributed by atoms with Gasteiger partial charge in [0.25, 0.3) is 0 Å². The van der Waals surface area contributed by atoms with E-state index in [1.165, 1.54) is 12.1 Å². The topological polar surface area (TPSA) is 79.1 Å². The van der Waals surface area contributed by atoms with Crippen molar-refractivity contribution in [2.24, 2.45) is 7.05 Å². The van der Waals surface area contributed by atoms with Gasteiger partial charge in [0.1, 0.15) is 23.6 Å². The standard InChI is InChI=1S/C26H30F2N6O/c1-33-14-15(11-31-33)18-10-24(35)19(9-20(18)27)22-12-30-25(13-29-22)34(17-4-2-3-5-17)23-8-16-6-7-21(32-16)26(23)28/h9-14,16-17,21,23,26,32,35H,2-8H2,1H3/t16?,21?,23-,26+/m0/s1. The second kappa shape index (κ2) is 8.86. The van der Waals surface area contributed by atoms with E-state index in [0.717, 1.165) is 44.9 Å². The van der Waals surface area contributed by atoms with Crippen LogP contribution >= 0.6 is 0 Å². The fraction of sp³-hybridized carbons (Fsp3) is 0.500. The van der Waals surface area contributed by atoms with Crippen LogP contribution in [-0.4, -0.2) is 55.2 Å². The van der Waals surface area contributed by atoms with Crippen molar-refractivity contribution in [3.63, 3.8) is 0 Å². The minimum Gasteiger partial charge on any atom is -0.507 e. The molecule has 0 spiro atoms. The molecule has 3 aliphatic rings. The van der Waals surface area contributed by atoms with E-state index in [1.807, 2.05) is 0 Å². The Morgan fingerprint density at radius 1 is 1.06 bits per heavy atom. The lowest BCUT2D eigenvalue weighted by atomic mass is 9.94. The van der Waals surface area contributed by atoms with Crippen LogP contribution in [0.1, 0.15) is 44.9 Å². The smallest absolute Gasteiger partial charge is 0.147 e. The number of aromatic hydroxyl groups is 1. The first kappa shape index (κ1) is 22.4. The molecule has 2 N–H and O–H groups in total. The molecule has 2 unspecified atom stereocenters. The highest BCUT2D eigenvalue weighted by molar-refractivity contribution is 5.74. The minimum atomic E-state index is -0.950. The molecule has 4 atom stereocenters. The van der Waals surface area contributed by atoms with Gasteiger partial charge in [-0.15, -0.1) is 0 Å². The monoisotopic (exact) mass is 480 g/mol. The Kier molecular flexibility index (Phi) is 5.67. The van der Waals surface area contributed by atoms with Gasteiger partial charge in [-0.05, 0) is 44.2 Å². The van der Waals surface area contributed by atoms with Crippen LogP contribution in [0.4, 0.5) is 14.6 Å². The number of hydrogen-bond acceptors (Lipinski definition) is 6. The molecule has 7 nitrogen and oxygen atoms in total. The number of benzene rings is 1. The van der Waals surface area contributed by atoms with Crippen molar-refractivity contribution >= 4 is 5.82 Å². The van der Waals surface area contributed by atoms with E-state index < -0.39 is 12.0 Å². The molecule has 2 saturated heterocycles. The number of piperidine rings is 1. The van der Waals surface area contributed by atoms with Crippen molar-refractivity contribution in [3.05, 3.63) is 42.7 Å². The van der Waals surface area contributed by atoms with Gasteiger partial charge in [0, 0.05) is 48.1 Å². The molecule has 184 valence electrons. The van der Waals surface area contributed by atoms with Gasteiger partial charge in [0.15, 0.2) is 0 Å². The third-order valence-electron chi connectivity index (χ3n) is 7.91. The average molecular weight is 481 g/mol. The van der Waals surface area contributed by atoms with Gasteiger partial charge in [0.2, 0.25) is 0 Å². The Balaban J connectivity index is 1.31. The Morgan fingerprint density at radius 2 is 1.89 bits per heavy atom. The fourth-order valence-corrected chi connectivity index (χ4v) is 6.20. The number of halogens is 2. The summed E-state index contributed by atoms with van der Waals surface area (Å²) in [6, 6.07) is 2.96. The number of nitrogens with one attached hydrogen (secondary N) is 1. The summed E-state index contributed by atoms with van der Waals surface area (Å²) < 4.78 is 32.0. The van der Waals surface area contributed by atoms with Crippen LogP contribution in [0.15, 0.2) is 36.9 Å². The number of anilines is 1. The summed E-state index contributed by atoms with van der Waals surface area (Å²) in [6.45, 7) is 0. The number of hydrogen-bond donors (Lipinski definition) is 2. The van der Waals surface area contributed by atoms with Crippen LogP contribution in [0.3, 0.4) is 0 Å². The average Bonchev–Trinajstić information content (AvgIpc) is 3.61. The summed E-state index contributed by atoms with van der Waals surface area (Å²) in [4.78, 5) is 11.4. The molecule has 4 heterocycles.